The third-order valence-electron chi connectivity index (χ3n) is 3.88. The van der Waals surface area contributed by atoms with E-state index < -0.39 is 5.97 Å². The van der Waals surface area contributed by atoms with Gasteiger partial charge in [-0.05, 0) is 35.9 Å². The number of para-hydroxylation sites is 1. The van der Waals surface area contributed by atoms with Crippen molar-refractivity contribution in [3.8, 4) is 17.2 Å². The highest BCUT2D eigenvalue weighted by Gasteiger charge is 2.22. The van der Waals surface area contributed by atoms with Crippen molar-refractivity contribution in [2.45, 2.75) is 0 Å². The quantitative estimate of drug-likeness (QED) is 0.625. The lowest BCUT2D eigenvalue weighted by Crippen LogP contribution is -2.01. The fourth-order valence-corrected chi connectivity index (χ4v) is 2.62. The van der Waals surface area contributed by atoms with Crippen LogP contribution in [0.5, 0.6) is 17.2 Å². The number of carbonyl (C=O) groups excluding carboxylic acids is 1. The minimum atomic E-state index is -0.498. The first kappa shape index (κ1) is 16.0. The molecule has 130 valence electrons. The zero-order valence-corrected chi connectivity index (χ0v) is 14.0. The number of benzene rings is 2. The number of rotatable bonds is 4. The first-order valence-corrected chi connectivity index (χ1v) is 7.96. The van der Waals surface area contributed by atoms with Gasteiger partial charge in [-0.2, -0.15) is 0 Å². The second kappa shape index (κ2) is 6.76. The predicted molar refractivity (Wildman–Crippen MR) is 96.1 cm³/mol. The van der Waals surface area contributed by atoms with Gasteiger partial charge in [-0.1, -0.05) is 24.3 Å². The second-order valence-corrected chi connectivity index (χ2v) is 5.56. The Kier molecular flexibility index (Phi) is 4.15. The fraction of sp³-hybridized carbons (Fsp3) is 0.100. The maximum absolute atomic E-state index is 12.0. The zero-order chi connectivity index (χ0) is 17.9. The van der Waals surface area contributed by atoms with Crippen molar-refractivity contribution < 1.29 is 23.7 Å². The van der Waals surface area contributed by atoms with E-state index in [1.165, 1.54) is 0 Å². The lowest BCUT2D eigenvalue weighted by atomic mass is 10.1. The number of fused-ring (bicyclic) bond motifs is 1. The Morgan fingerprint density at radius 2 is 1.92 bits per heavy atom. The van der Waals surface area contributed by atoms with E-state index >= 15 is 0 Å². The van der Waals surface area contributed by atoms with Crippen molar-refractivity contribution in [2.75, 3.05) is 13.9 Å². The SMILES string of the molecule is COc1ccccc1C=CC1=NC(=Cc2ccc3c(c2)OCO3)C(=O)O1. The molecule has 0 aliphatic carbocycles. The summed E-state index contributed by atoms with van der Waals surface area (Å²) in [4.78, 5) is 16.3. The maximum Gasteiger partial charge on any atom is 0.363 e. The molecule has 0 saturated heterocycles. The van der Waals surface area contributed by atoms with Gasteiger partial charge in [0.2, 0.25) is 12.7 Å². The van der Waals surface area contributed by atoms with Crippen LogP contribution in [0, 0.1) is 0 Å². The molecule has 2 heterocycles. The minimum Gasteiger partial charge on any atom is -0.496 e. The molecule has 6 heteroatoms. The third kappa shape index (κ3) is 3.17. The standard InChI is InChI=1S/C20H15NO5/c1-23-16-5-3-2-4-14(16)7-9-19-21-15(20(22)26-19)10-13-6-8-17-18(11-13)25-12-24-17/h2-11H,12H2,1H3. The van der Waals surface area contributed by atoms with Gasteiger partial charge in [0.1, 0.15) is 5.75 Å². The van der Waals surface area contributed by atoms with E-state index in [2.05, 4.69) is 4.99 Å². The zero-order valence-electron chi connectivity index (χ0n) is 14.0. The topological polar surface area (TPSA) is 66.3 Å². The van der Waals surface area contributed by atoms with Gasteiger partial charge in [0, 0.05) is 11.6 Å². The molecule has 0 fully saturated rings. The van der Waals surface area contributed by atoms with Crippen LogP contribution in [0.2, 0.25) is 0 Å². The number of esters is 1. The van der Waals surface area contributed by atoms with Crippen molar-refractivity contribution in [3.63, 3.8) is 0 Å². The van der Waals surface area contributed by atoms with Gasteiger partial charge in [-0.15, -0.1) is 0 Å². The molecule has 0 amide bonds. The summed E-state index contributed by atoms with van der Waals surface area (Å²) >= 11 is 0. The summed E-state index contributed by atoms with van der Waals surface area (Å²) in [7, 11) is 1.60. The third-order valence-corrected chi connectivity index (χ3v) is 3.88. The highest BCUT2D eigenvalue weighted by molar-refractivity contribution is 6.11. The summed E-state index contributed by atoms with van der Waals surface area (Å²) in [5, 5.41) is 0. The Labute approximate surface area is 150 Å². The Morgan fingerprint density at radius 3 is 2.81 bits per heavy atom. The largest absolute Gasteiger partial charge is 0.496 e. The molecule has 6 nitrogen and oxygen atoms in total. The van der Waals surface area contributed by atoms with Gasteiger partial charge in [0.15, 0.2) is 17.2 Å². The molecule has 2 aromatic rings. The first-order chi connectivity index (χ1) is 12.7. The fourth-order valence-electron chi connectivity index (χ4n) is 2.62. The Bertz CT molecular complexity index is 958. The van der Waals surface area contributed by atoms with Crippen molar-refractivity contribution in [2.24, 2.45) is 4.99 Å². The molecule has 0 N–H and O–H groups in total. The molecule has 2 aromatic carbocycles. The number of hydrogen-bond acceptors (Lipinski definition) is 6. The maximum atomic E-state index is 12.0. The van der Waals surface area contributed by atoms with Crippen LogP contribution in [0.4, 0.5) is 0 Å². The van der Waals surface area contributed by atoms with Gasteiger partial charge in [-0.3, -0.25) is 0 Å². The van der Waals surface area contributed by atoms with Crippen molar-refractivity contribution in [3.05, 3.63) is 65.4 Å². The molecule has 0 spiro atoms. The Hall–Kier alpha value is -3.54. The Morgan fingerprint density at radius 1 is 1.08 bits per heavy atom. The van der Waals surface area contributed by atoms with Crippen LogP contribution >= 0.6 is 0 Å². The molecule has 4 rings (SSSR count). The average Bonchev–Trinajstić information content (AvgIpc) is 3.26. The van der Waals surface area contributed by atoms with E-state index in [1.807, 2.05) is 30.3 Å². The number of hydrogen-bond donors (Lipinski definition) is 0. The van der Waals surface area contributed by atoms with Crippen LogP contribution < -0.4 is 14.2 Å². The molecule has 0 unspecified atom stereocenters. The molecule has 2 aliphatic rings. The molecule has 0 atom stereocenters. The lowest BCUT2D eigenvalue weighted by Gasteiger charge is -2.02. The average molecular weight is 349 g/mol. The van der Waals surface area contributed by atoms with E-state index in [-0.39, 0.29) is 18.4 Å². The predicted octanol–water partition coefficient (Wildman–Crippen LogP) is 3.43. The molecular weight excluding hydrogens is 334 g/mol. The summed E-state index contributed by atoms with van der Waals surface area (Å²) in [5.41, 5.74) is 1.87. The van der Waals surface area contributed by atoms with E-state index in [1.54, 1.807) is 37.5 Å². The first-order valence-electron chi connectivity index (χ1n) is 7.96. The second-order valence-electron chi connectivity index (χ2n) is 5.56. The molecule has 0 saturated carbocycles. The van der Waals surface area contributed by atoms with Gasteiger partial charge < -0.3 is 18.9 Å². The summed E-state index contributed by atoms with van der Waals surface area (Å²) in [6.45, 7) is 0.202. The molecule has 0 radical (unpaired) electrons. The number of aliphatic imine (C=N–C) groups is 1. The smallest absolute Gasteiger partial charge is 0.363 e. The number of nitrogens with zero attached hydrogens (tertiary/aromatic N) is 1. The van der Waals surface area contributed by atoms with E-state index in [0.29, 0.717) is 11.5 Å². The summed E-state index contributed by atoms with van der Waals surface area (Å²) in [6, 6.07) is 12.9. The van der Waals surface area contributed by atoms with Gasteiger partial charge in [-0.25, -0.2) is 9.79 Å². The summed E-state index contributed by atoms with van der Waals surface area (Å²) < 4.78 is 21.1. The van der Waals surface area contributed by atoms with Crippen LogP contribution in [-0.2, 0) is 9.53 Å². The number of cyclic esters (lactones) is 1. The number of ether oxygens (including phenoxy) is 4. The summed E-state index contributed by atoms with van der Waals surface area (Å²) in [5.74, 6) is 1.79. The number of carbonyl (C=O) groups is 1. The highest BCUT2D eigenvalue weighted by Crippen LogP contribution is 2.33. The monoisotopic (exact) mass is 349 g/mol. The van der Waals surface area contributed by atoms with E-state index in [9.17, 15) is 4.79 Å². The summed E-state index contributed by atoms with van der Waals surface area (Å²) in [6.07, 6.45) is 5.07. The van der Waals surface area contributed by atoms with Gasteiger partial charge in [0.05, 0.1) is 7.11 Å². The van der Waals surface area contributed by atoms with Crippen molar-refractivity contribution in [1.29, 1.82) is 0 Å². The lowest BCUT2D eigenvalue weighted by molar-refractivity contribution is -0.129. The number of methoxy groups -OCH3 is 1. The highest BCUT2D eigenvalue weighted by atomic mass is 16.7. The Balaban J connectivity index is 1.56. The van der Waals surface area contributed by atoms with Crippen molar-refractivity contribution >= 4 is 24.0 Å². The van der Waals surface area contributed by atoms with Crippen LogP contribution in [0.3, 0.4) is 0 Å². The van der Waals surface area contributed by atoms with E-state index in [4.69, 9.17) is 18.9 Å². The molecule has 2 aliphatic heterocycles. The van der Waals surface area contributed by atoms with Crippen LogP contribution in [-0.4, -0.2) is 25.8 Å². The molecular formula is C20H15NO5. The van der Waals surface area contributed by atoms with E-state index in [0.717, 1.165) is 16.9 Å². The minimum absolute atomic E-state index is 0.202. The van der Waals surface area contributed by atoms with Crippen molar-refractivity contribution in [1.82, 2.24) is 0 Å². The van der Waals surface area contributed by atoms with Gasteiger partial charge >= 0.3 is 5.97 Å². The molecule has 26 heavy (non-hydrogen) atoms. The molecule has 0 aromatic heterocycles. The normalized spacial score (nSPS) is 16.9. The van der Waals surface area contributed by atoms with Gasteiger partial charge in [0.25, 0.3) is 0 Å². The molecule has 0 bridgehead atoms. The van der Waals surface area contributed by atoms with Crippen LogP contribution in [0.25, 0.3) is 12.2 Å². The van der Waals surface area contributed by atoms with Crippen LogP contribution in [0.1, 0.15) is 11.1 Å². The van der Waals surface area contributed by atoms with Crippen LogP contribution in [0.15, 0.2) is 59.2 Å².